The minimum absolute atomic E-state index is 0.0746. The molecule has 3 aliphatic rings. The third-order valence-corrected chi connectivity index (χ3v) is 9.92. The van der Waals surface area contributed by atoms with Crippen molar-refractivity contribution in [3.63, 3.8) is 0 Å². The molecule has 0 amide bonds. The molecule has 0 aromatic heterocycles. The van der Waals surface area contributed by atoms with Crippen LogP contribution in [0, 0.1) is 0 Å². The van der Waals surface area contributed by atoms with Crippen molar-refractivity contribution in [2.24, 2.45) is 0 Å². The molecule has 7 heteroatoms. The van der Waals surface area contributed by atoms with Crippen molar-refractivity contribution in [3.05, 3.63) is 12.7 Å². The van der Waals surface area contributed by atoms with Crippen molar-refractivity contribution in [2.75, 3.05) is 0 Å². The number of hydrogen-bond acceptors (Lipinski definition) is 7. The Kier molecular flexibility index (Phi) is 19.2. The van der Waals surface area contributed by atoms with Gasteiger partial charge in [-0.2, -0.15) is 0 Å². The summed E-state index contributed by atoms with van der Waals surface area (Å²) in [6, 6.07) is 0. The van der Waals surface area contributed by atoms with Crippen molar-refractivity contribution in [3.8, 4) is 0 Å². The first-order valence-corrected chi connectivity index (χ1v) is 18.7. The van der Waals surface area contributed by atoms with Crippen LogP contribution in [0.4, 0.5) is 0 Å². The van der Waals surface area contributed by atoms with E-state index in [4.69, 9.17) is 18.9 Å². The van der Waals surface area contributed by atoms with Crippen LogP contribution < -0.4 is 0 Å². The number of carbonyl (C=O) groups is 1. The molecule has 0 saturated heterocycles. The van der Waals surface area contributed by atoms with Crippen LogP contribution in [-0.4, -0.2) is 52.9 Å². The van der Waals surface area contributed by atoms with Crippen molar-refractivity contribution >= 4 is 5.97 Å². The van der Waals surface area contributed by atoms with Gasteiger partial charge in [0.1, 0.15) is 6.10 Å². The SMILES string of the molecule is C=CC(=O)OC(CC(O)C(O)(OC1CCCCCCCCC1)OC1CCCCCCCCC1)OC1CCCCCCCCC1. The van der Waals surface area contributed by atoms with E-state index in [1.165, 1.54) is 70.6 Å². The van der Waals surface area contributed by atoms with Crippen molar-refractivity contribution < 1.29 is 34.0 Å². The van der Waals surface area contributed by atoms with E-state index in [2.05, 4.69) is 6.58 Å². The Labute approximate surface area is 268 Å². The second-order valence-corrected chi connectivity index (χ2v) is 13.8. The molecule has 2 N–H and O–H groups in total. The molecule has 44 heavy (non-hydrogen) atoms. The Morgan fingerprint density at radius 1 is 0.614 bits per heavy atom. The van der Waals surface area contributed by atoms with E-state index in [0.29, 0.717) is 0 Å². The molecule has 2 unspecified atom stereocenters. The van der Waals surface area contributed by atoms with Gasteiger partial charge < -0.3 is 29.2 Å². The molecular formula is C37H66O7. The maximum atomic E-state index is 12.4. The average molecular weight is 623 g/mol. The highest BCUT2D eigenvalue weighted by Gasteiger charge is 2.45. The smallest absolute Gasteiger partial charge is 0.332 e. The van der Waals surface area contributed by atoms with Crippen LogP contribution >= 0.6 is 0 Å². The Balaban J connectivity index is 1.77. The molecule has 0 heterocycles. The second kappa shape index (κ2) is 22.5. The zero-order chi connectivity index (χ0) is 31.3. The van der Waals surface area contributed by atoms with Gasteiger partial charge in [-0.1, -0.05) is 141 Å². The molecule has 2 atom stereocenters. The number of esters is 1. The molecule has 0 radical (unpaired) electrons. The van der Waals surface area contributed by atoms with E-state index in [0.717, 1.165) is 109 Å². The van der Waals surface area contributed by atoms with E-state index in [-0.39, 0.29) is 24.7 Å². The van der Waals surface area contributed by atoms with Gasteiger partial charge in [-0.05, 0) is 38.5 Å². The fraction of sp³-hybridized carbons (Fsp3) is 0.919. The zero-order valence-corrected chi connectivity index (χ0v) is 27.9. The van der Waals surface area contributed by atoms with Gasteiger partial charge in [-0.3, -0.25) is 0 Å². The highest BCUT2D eigenvalue weighted by atomic mass is 16.8. The minimum Gasteiger partial charge on any atom is -0.432 e. The van der Waals surface area contributed by atoms with Crippen LogP contribution in [0.25, 0.3) is 0 Å². The van der Waals surface area contributed by atoms with Gasteiger partial charge >= 0.3 is 11.9 Å². The van der Waals surface area contributed by atoms with E-state index < -0.39 is 24.3 Å². The lowest BCUT2D eigenvalue weighted by atomic mass is 9.98. The first-order chi connectivity index (χ1) is 21.5. The molecule has 0 aliphatic heterocycles. The highest BCUT2D eigenvalue weighted by molar-refractivity contribution is 5.81. The number of hydrogen-bond donors (Lipinski definition) is 2. The molecule has 0 aromatic rings. The van der Waals surface area contributed by atoms with Crippen molar-refractivity contribution in [1.29, 1.82) is 0 Å². The van der Waals surface area contributed by atoms with Crippen LogP contribution in [0.5, 0.6) is 0 Å². The van der Waals surface area contributed by atoms with Gasteiger partial charge in [0.05, 0.1) is 18.3 Å². The summed E-state index contributed by atoms with van der Waals surface area (Å²) in [6.45, 7) is 3.56. The molecule has 0 spiro atoms. The fourth-order valence-corrected chi connectivity index (χ4v) is 7.21. The molecule has 3 saturated carbocycles. The van der Waals surface area contributed by atoms with Gasteiger partial charge in [-0.25, -0.2) is 4.79 Å². The van der Waals surface area contributed by atoms with E-state index in [9.17, 15) is 15.0 Å². The van der Waals surface area contributed by atoms with Crippen LogP contribution in [0.3, 0.4) is 0 Å². The summed E-state index contributed by atoms with van der Waals surface area (Å²) in [4.78, 5) is 12.4. The molecule has 256 valence electrons. The van der Waals surface area contributed by atoms with Crippen LogP contribution in [0.1, 0.15) is 180 Å². The summed E-state index contributed by atoms with van der Waals surface area (Å²) < 4.78 is 25.0. The predicted octanol–water partition coefficient (Wildman–Crippen LogP) is 9.17. The quantitative estimate of drug-likeness (QED) is 0.135. The van der Waals surface area contributed by atoms with E-state index in [1.54, 1.807) is 0 Å². The zero-order valence-electron chi connectivity index (χ0n) is 27.9. The van der Waals surface area contributed by atoms with Gasteiger partial charge in [0.25, 0.3) is 0 Å². The summed E-state index contributed by atoms with van der Waals surface area (Å²) in [7, 11) is 0. The molecule has 3 aliphatic carbocycles. The topological polar surface area (TPSA) is 94.5 Å². The normalized spacial score (nSPS) is 24.0. The van der Waals surface area contributed by atoms with Gasteiger partial charge in [0.2, 0.25) is 6.29 Å². The Morgan fingerprint density at radius 2 is 0.932 bits per heavy atom. The molecule has 3 rings (SSSR count). The van der Waals surface area contributed by atoms with Crippen LogP contribution in [0.15, 0.2) is 12.7 Å². The maximum absolute atomic E-state index is 12.4. The highest BCUT2D eigenvalue weighted by Crippen LogP contribution is 2.32. The standard InChI is InChI=1S/C37H66O7/c1-2-35(39)42-36(41-31-24-18-12-6-3-7-13-19-25-31)30-34(38)37(40,43-32-26-20-14-8-4-9-15-21-27-32)44-33-28-22-16-10-5-11-17-23-29-33/h2,31-34,36,38,40H,1,3-30H2. The Morgan fingerprint density at radius 3 is 1.27 bits per heavy atom. The first-order valence-electron chi connectivity index (χ1n) is 18.7. The van der Waals surface area contributed by atoms with E-state index >= 15 is 0 Å². The van der Waals surface area contributed by atoms with Crippen LogP contribution in [-0.2, 0) is 23.7 Å². The third kappa shape index (κ3) is 15.5. The van der Waals surface area contributed by atoms with E-state index in [1.807, 2.05) is 0 Å². The summed E-state index contributed by atoms with van der Waals surface area (Å²) >= 11 is 0. The number of aliphatic hydroxyl groups is 2. The molecule has 7 nitrogen and oxygen atoms in total. The number of aliphatic hydroxyl groups excluding tert-OH is 1. The van der Waals surface area contributed by atoms with Gasteiger partial charge in [-0.15, -0.1) is 0 Å². The maximum Gasteiger partial charge on any atom is 0.332 e. The predicted molar refractivity (Wildman–Crippen MR) is 175 cm³/mol. The summed E-state index contributed by atoms with van der Waals surface area (Å²) in [6.07, 6.45) is 27.6. The molecule has 3 fully saturated rings. The van der Waals surface area contributed by atoms with Crippen LogP contribution in [0.2, 0.25) is 0 Å². The van der Waals surface area contributed by atoms with Gasteiger partial charge in [0, 0.05) is 12.5 Å². The summed E-state index contributed by atoms with van der Waals surface area (Å²) in [5, 5.41) is 23.9. The molecule has 0 bridgehead atoms. The van der Waals surface area contributed by atoms with Crippen molar-refractivity contribution in [1.82, 2.24) is 0 Å². The molecular weight excluding hydrogens is 556 g/mol. The Bertz CT molecular complexity index is 700. The largest absolute Gasteiger partial charge is 0.432 e. The van der Waals surface area contributed by atoms with Crippen molar-refractivity contribution in [2.45, 2.75) is 216 Å². The van der Waals surface area contributed by atoms with Gasteiger partial charge in [0.15, 0.2) is 0 Å². The number of carbonyl (C=O) groups excluding carboxylic acids is 1. The lowest BCUT2D eigenvalue weighted by Crippen LogP contribution is -2.53. The first kappa shape index (κ1) is 37.5. The minimum atomic E-state index is -2.21. The molecule has 0 aromatic carbocycles. The fourth-order valence-electron chi connectivity index (χ4n) is 7.21. The summed E-state index contributed by atoms with van der Waals surface area (Å²) in [5.41, 5.74) is 0. The average Bonchev–Trinajstić information content (AvgIpc) is 3.02. The lowest BCUT2D eigenvalue weighted by Gasteiger charge is -2.39. The summed E-state index contributed by atoms with van der Waals surface area (Å²) in [5.74, 6) is -2.81. The second-order valence-electron chi connectivity index (χ2n) is 13.8. The monoisotopic (exact) mass is 622 g/mol. The lowest BCUT2D eigenvalue weighted by molar-refractivity contribution is -0.426. The third-order valence-electron chi connectivity index (χ3n) is 9.92. The number of ether oxygens (including phenoxy) is 4. The Hall–Kier alpha value is -0.990. The number of rotatable bonds is 11.